The van der Waals surface area contributed by atoms with Crippen LogP contribution in [0.4, 0.5) is 5.69 Å². The van der Waals surface area contributed by atoms with Crippen LogP contribution in [-0.4, -0.2) is 15.3 Å². The molecule has 2 aromatic heterocycles. The lowest BCUT2D eigenvalue weighted by Crippen LogP contribution is -2.13. The fourth-order valence-corrected chi connectivity index (χ4v) is 3.31. The lowest BCUT2D eigenvalue weighted by molar-refractivity contribution is 0.102. The molecule has 4 nitrogen and oxygen atoms in total. The van der Waals surface area contributed by atoms with Crippen molar-refractivity contribution < 1.29 is 4.79 Å². The van der Waals surface area contributed by atoms with Crippen LogP contribution < -0.4 is 5.32 Å². The smallest absolute Gasteiger partial charge is 0.255 e. The van der Waals surface area contributed by atoms with Gasteiger partial charge in [0.2, 0.25) is 0 Å². The first kappa shape index (κ1) is 16.5. The molecule has 0 fully saturated rings. The molecule has 0 unspecified atom stereocenters. The van der Waals surface area contributed by atoms with Gasteiger partial charge in [-0.25, -0.2) is 4.98 Å². The number of benzene rings is 2. The minimum absolute atomic E-state index is 0.151. The molecule has 26 heavy (non-hydrogen) atoms. The number of rotatable bonds is 3. The number of pyridine rings is 1. The summed E-state index contributed by atoms with van der Waals surface area (Å²) in [6, 6.07) is 19.4. The predicted molar refractivity (Wildman–Crippen MR) is 107 cm³/mol. The highest BCUT2D eigenvalue weighted by molar-refractivity contribution is 9.10. The maximum Gasteiger partial charge on any atom is 0.255 e. The van der Waals surface area contributed by atoms with Crippen molar-refractivity contribution in [3.63, 3.8) is 0 Å². The summed E-state index contributed by atoms with van der Waals surface area (Å²) in [6.07, 6.45) is 3.82. The van der Waals surface area contributed by atoms with Crippen LogP contribution >= 0.6 is 15.9 Å². The molecule has 2 aromatic carbocycles. The van der Waals surface area contributed by atoms with Crippen molar-refractivity contribution >= 4 is 33.2 Å². The van der Waals surface area contributed by atoms with Gasteiger partial charge in [-0.15, -0.1) is 0 Å². The summed E-state index contributed by atoms with van der Waals surface area (Å²) in [5.41, 5.74) is 5.04. The Morgan fingerprint density at radius 2 is 1.88 bits per heavy atom. The number of nitrogens with one attached hydrogen (secondary N) is 1. The number of fused-ring (bicyclic) bond motifs is 1. The number of carbonyl (C=O) groups is 1. The van der Waals surface area contributed by atoms with E-state index in [1.54, 1.807) is 12.1 Å². The van der Waals surface area contributed by atoms with Crippen molar-refractivity contribution in [3.05, 3.63) is 88.7 Å². The van der Waals surface area contributed by atoms with Gasteiger partial charge in [0, 0.05) is 33.7 Å². The van der Waals surface area contributed by atoms with E-state index in [0.29, 0.717) is 5.56 Å². The number of hydrogen-bond acceptors (Lipinski definition) is 2. The molecule has 4 aromatic rings. The fraction of sp³-hybridized carbons (Fsp3) is 0.0476. The van der Waals surface area contributed by atoms with Crippen molar-refractivity contribution in [2.75, 3.05) is 5.32 Å². The van der Waals surface area contributed by atoms with E-state index in [1.807, 2.05) is 72.2 Å². The van der Waals surface area contributed by atoms with E-state index in [9.17, 15) is 4.79 Å². The molecule has 2 heterocycles. The van der Waals surface area contributed by atoms with E-state index >= 15 is 0 Å². The summed E-state index contributed by atoms with van der Waals surface area (Å²) in [4.78, 5) is 17.3. The summed E-state index contributed by atoms with van der Waals surface area (Å²) in [6.45, 7) is 1.96. The van der Waals surface area contributed by atoms with Crippen LogP contribution in [0.5, 0.6) is 0 Å². The highest BCUT2D eigenvalue weighted by Gasteiger charge is 2.11. The van der Waals surface area contributed by atoms with Crippen LogP contribution in [0.15, 0.2) is 77.5 Å². The summed E-state index contributed by atoms with van der Waals surface area (Å²) >= 11 is 3.43. The maximum atomic E-state index is 12.6. The van der Waals surface area contributed by atoms with Crippen LogP contribution in [0.3, 0.4) is 0 Å². The van der Waals surface area contributed by atoms with Crippen LogP contribution in [0, 0.1) is 6.92 Å². The number of hydrogen-bond donors (Lipinski definition) is 1. The van der Waals surface area contributed by atoms with E-state index < -0.39 is 0 Å². The Morgan fingerprint density at radius 1 is 1.08 bits per heavy atom. The molecule has 0 spiro atoms. The van der Waals surface area contributed by atoms with Crippen molar-refractivity contribution in [2.24, 2.45) is 0 Å². The van der Waals surface area contributed by atoms with Gasteiger partial charge in [0.25, 0.3) is 5.91 Å². The van der Waals surface area contributed by atoms with Crippen molar-refractivity contribution in [2.45, 2.75) is 6.92 Å². The van der Waals surface area contributed by atoms with Crippen molar-refractivity contribution in [3.8, 4) is 11.3 Å². The molecule has 0 radical (unpaired) electrons. The zero-order valence-corrected chi connectivity index (χ0v) is 15.7. The van der Waals surface area contributed by atoms with E-state index in [1.165, 1.54) is 0 Å². The molecule has 0 aliphatic rings. The molecule has 0 aliphatic heterocycles. The monoisotopic (exact) mass is 405 g/mol. The van der Waals surface area contributed by atoms with Gasteiger partial charge in [-0.3, -0.25) is 4.79 Å². The number of anilines is 1. The molecule has 0 saturated heterocycles. The van der Waals surface area contributed by atoms with Gasteiger partial charge in [0.05, 0.1) is 5.69 Å². The minimum atomic E-state index is -0.151. The molecule has 0 saturated carbocycles. The van der Waals surface area contributed by atoms with Gasteiger partial charge in [0.1, 0.15) is 5.65 Å². The molecule has 1 N–H and O–H groups in total. The Hall–Kier alpha value is -2.92. The van der Waals surface area contributed by atoms with E-state index in [0.717, 1.165) is 32.6 Å². The maximum absolute atomic E-state index is 12.6. The Kier molecular flexibility index (Phi) is 4.31. The molecule has 5 heteroatoms. The Labute approximate surface area is 159 Å². The third-order valence-electron chi connectivity index (χ3n) is 4.23. The van der Waals surface area contributed by atoms with Gasteiger partial charge in [0.15, 0.2) is 0 Å². The number of aryl methyl sites for hydroxylation is 1. The standard InChI is InChI=1S/C21H16BrN3O/c1-14-11-17(22)7-8-18(14)24-21(26)16-9-10-25-13-19(23-20(25)12-16)15-5-3-2-4-6-15/h2-13H,1H3,(H,24,26). The molecule has 0 bridgehead atoms. The average Bonchev–Trinajstić information content (AvgIpc) is 3.08. The number of halogens is 1. The topological polar surface area (TPSA) is 46.4 Å². The molecule has 0 aliphatic carbocycles. The highest BCUT2D eigenvalue weighted by Crippen LogP contribution is 2.22. The van der Waals surface area contributed by atoms with Gasteiger partial charge < -0.3 is 9.72 Å². The lowest BCUT2D eigenvalue weighted by atomic mass is 10.2. The fourth-order valence-electron chi connectivity index (χ4n) is 2.83. The largest absolute Gasteiger partial charge is 0.322 e. The Balaban J connectivity index is 1.63. The van der Waals surface area contributed by atoms with Gasteiger partial charge in [-0.05, 0) is 42.8 Å². The third kappa shape index (κ3) is 3.26. The van der Waals surface area contributed by atoms with Crippen LogP contribution in [0.1, 0.15) is 15.9 Å². The van der Waals surface area contributed by atoms with Crippen molar-refractivity contribution in [1.82, 2.24) is 9.38 Å². The predicted octanol–water partition coefficient (Wildman–Crippen LogP) is 5.32. The van der Waals surface area contributed by atoms with Crippen LogP contribution in [0.2, 0.25) is 0 Å². The second kappa shape index (κ2) is 6.77. The number of aromatic nitrogens is 2. The number of carbonyl (C=O) groups excluding carboxylic acids is 1. The first-order valence-electron chi connectivity index (χ1n) is 8.22. The van der Waals surface area contributed by atoms with E-state index in [4.69, 9.17) is 0 Å². The van der Waals surface area contributed by atoms with Crippen LogP contribution in [-0.2, 0) is 0 Å². The molecule has 0 atom stereocenters. The zero-order chi connectivity index (χ0) is 18.1. The van der Waals surface area contributed by atoms with Gasteiger partial charge in [-0.1, -0.05) is 46.3 Å². The SMILES string of the molecule is Cc1cc(Br)ccc1NC(=O)c1ccn2cc(-c3ccccc3)nc2c1. The van der Waals surface area contributed by atoms with Crippen LogP contribution in [0.25, 0.3) is 16.9 Å². The summed E-state index contributed by atoms with van der Waals surface area (Å²) in [7, 11) is 0. The van der Waals surface area contributed by atoms with Gasteiger partial charge >= 0.3 is 0 Å². The molecular formula is C21H16BrN3O. The summed E-state index contributed by atoms with van der Waals surface area (Å²) < 4.78 is 2.91. The van der Waals surface area contributed by atoms with Gasteiger partial charge in [-0.2, -0.15) is 0 Å². The number of nitrogens with zero attached hydrogens (tertiary/aromatic N) is 2. The number of imidazole rings is 1. The van der Waals surface area contributed by atoms with E-state index in [2.05, 4.69) is 26.2 Å². The second-order valence-corrected chi connectivity index (χ2v) is 7.00. The molecular weight excluding hydrogens is 390 g/mol. The Bertz CT molecular complexity index is 1100. The summed E-state index contributed by atoms with van der Waals surface area (Å²) in [5, 5.41) is 2.96. The first-order valence-corrected chi connectivity index (χ1v) is 9.01. The first-order chi connectivity index (χ1) is 12.6. The third-order valence-corrected chi connectivity index (χ3v) is 4.72. The average molecular weight is 406 g/mol. The molecule has 1 amide bonds. The Morgan fingerprint density at radius 3 is 2.65 bits per heavy atom. The normalized spacial score (nSPS) is 10.8. The molecule has 128 valence electrons. The van der Waals surface area contributed by atoms with E-state index in [-0.39, 0.29) is 5.91 Å². The number of amides is 1. The zero-order valence-electron chi connectivity index (χ0n) is 14.1. The molecule has 4 rings (SSSR count). The van der Waals surface area contributed by atoms with Crippen molar-refractivity contribution in [1.29, 1.82) is 0 Å². The summed E-state index contributed by atoms with van der Waals surface area (Å²) in [5.74, 6) is -0.151. The highest BCUT2D eigenvalue weighted by atomic mass is 79.9. The quantitative estimate of drug-likeness (QED) is 0.500. The second-order valence-electron chi connectivity index (χ2n) is 6.09. The lowest BCUT2D eigenvalue weighted by Gasteiger charge is -2.09. The minimum Gasteiger partial charge on any atom is -0.322 e.